The number of rotatable bonds is 4. The van der Waals surface area contributed by atoms with E-state index in [9.17, 15) is 17.2 Å². The molecule has 0 saturated carbocycles. The lowest BCUT2D eigenvalue weighted by molar-refractivity contribution is 0.540. The van der Waals surface area contributed by atoms with Crippen molar-refractivity contribution in [3.8, 4) is 0 Å². The molecule has 3 nitrogen and oxygen atoms in total. The molecular weight excluding hydrogens is 432 g/mol. The summed E-state index contributed by atoms with van der Waals surface area (Å²) in [5.74, 6) is -2.00. The molecule has 0 saturated heterocycles. The molecule has 0 aliphatic heterocycles. The van der Waals surface area contributed by atoms with Crippen LogP contribution in [-0.2, 0) is 16.6 Å². The number of hydrogen-bond donors (Lipinski definition) is 1. The van der Waals surface area contributed by atoms with Gasteiger partial charge in [0.2, 0.25) is 10.0 Å². The minimum atomic E-state index is -4.10. The van der Waals surface area contributed by atoms with Gasteiger partial charge in [-0.15, -0.1) is 0 Å². The van der Waals surface area contributed by atoms with E-state index in [0.29, 0.717) is 11.6 Å². The Morgan fingerprint density at radius 1 is 1.05 bits per heavy atom. The second kappa shape index (κ2) is 6.51. The maximum atomic E-state index is 13.7. The minimum Gasteiger partial charge on any atom is -0.207 e. The van der Waals surface area contributed by atoms with Crippen molar-refractivity contribution in [1.29, 1.82) is 0 Å². The number of nitrogens with one attached hydrogen (secondary N) is 1. The molecule has 0 amide bonds. The lowest BCUT2D eigenvalue weighted by Gasteiger charge is -2.10. The average Bonchev–Trinajstić information content (AvgIpc) is 2.36. The van der Waals surface area contributed by atoms with Gasteiger partial charge in [0, 0.05) is 21.6 Å². The highest BCUT2D eigenvalue weighted by Crippen LogP contribution is 2.26. The number of sulfonamides is 1. The Kier molecular flexibility index (Phi) is 5.13. The predicted octanol–water partition coefficient (Wildman–Crippen LogP) is 3.97. The Hall–Kier alpha value is -0.830. The van der Waals surface area contributed by atoms with Crippen molar-refractivity contribution < 1.29 is 17.2 Å². The molecule has 0 unspecified atom stereocenters. The number of benzene rings is 2. The first-order valence-electron chi connectivity index (χ1n) is 5.68. The first kappa shape index (κ1) is 16.5. The van der Waals surface area contributed by atoms with Crippen LogP contribution in [0.2, 0.25) is 0 Å². The van der Waals surface area contributed by atoms with Crippen molar-refractivity contribution in [2.75, 3.05) is 0 Å². The van der Waals surface area contributed by atoms with Crippen LogP contribution < -0.4 is 4.72 Å². The fraction of sp³-hybridized carbons (Fsp3) is 0.0769. The molecule has 0 bridgehead atoms. The highest BCUT2D eigenvalue weighted by molar-refractivity contribution is 9.10. The fourth-order valence-corrected chi connectivity index (χ4v) is 4.08. The molecule has 21 heavy (non-hydrogen) atoms. The summed E-state index contributed by atoms with van der Waals surface area (Å²) in [5.41, 5.74) is 0.709. The molecule has 0 aliphatic carbocycles. The van der Waals surface area contributed by atoms with Crippen LogP contribution in [0, 0.1) is 11.6 Å². The van der Waals surface area contributed by atoms with Gasteiger partial charge in [-0.3, -0.25) is 0 Å². The molecule has 0 aromatic heterocycles. The highest BCUT2D eigenvalue weighted by Gasteiger charge is 2.23. The van der Waals surface area contributed by atoms with Crippen molar-refractivity contribution in [3.63, 3.8) is 0 Å². The lowest BCUT2D eigenvalue weighted by Crippen LogP contribution is -2.24. The molecular formula is C13H9Br2F2NO2S. The van der Waals surface area contributed by atoms with Gasteiger partial charge >= 0.3 is 0 Å². The third-order valence-corrected chi connectivity index (χ3v) is 5.50. The van der Waals surface area contributed by atoms with Crippen LogP contribution in [0.3, 0.4) is 0 Å². The second-order valence-electron chi connectivity index (χ2n) is 4.15. The largest absolute Gasteiger partial charge is 0.244 e. The third kappa shape index (κ3) is 4.09. The van der Waals surface area contributed by atoms with Crippen molar-refractivity contribution in [2.45, 2.75) is 11.4 Å². The van der Waals surface area contributed by atoms with Crippen molar-refractivity contribution in [2.24, 2.45) is 0 Å². The molecule has 8 heteroatoms. The van der Waals surface area contributed by atoms with Crippen LogP contribution in [0.1, 0.15) is 5.56 Å². The summed E-state index contributed by atoms with van der Waals surface area (Å²) in [7, 11) is -4.10. The quantitative estimate of drug-likeness (QED) is 0.781. The van der Waals surface area contributed by atoms with E-state index in [1.807, 2.05) is 0 Å². The summed E-state index contributed by atoms with van der Waals surface area (Å²) >= 11 is 6.13. The van der Waals surface area contributed by atoms with Crippen LogP contribution in [0.4, 0.5) is 8.78 Å². The molecule has 2 aromatic carbocycles. The monoisotopic (exact) mass is 439 g/mol. The molecule has 0 atom stereocenters. The van der Waals surface area contributed by atoms with Gasteiger partial charge in [-0.1, -0.05) is 28.1 Å². The Balaban J connectivity index is 2.25. The average molecular weight is 441 g/mol. The van der Waals surface area contributed by atoms with Gasteiger partial charge in [-0.25, -0.2) is 21.9 Å². The Labute approximate surface area is 137 Å². The lowest BCUT2D eigenvalue weighted by atomic mass is 10.2. The van der Waals surface area contributed by atoms with Gasteiger partial charge in [0.05, 0.1) is 0 Å². The van der Waals surface area contributed by atoms with Crippen LogP contribution in [-0.4, -0.2) is 8.42 Å². The molecule has 0 spiro atoms. The number of halogens is 4. The Morgan fingerprint density at radius 3 is 2.24 bits per heavy atom. The predicted molar refractivity (Wildman–Crippen MR) is 82.2 cm³/mol. The summed E-state index contributed by atoms with van der Waals surface area (Å²) in [6, 6.07) is 8.40. The Morgan fingerprint density at radius 2 is 1.67 bits per heavy atom. The van der Waals surface area contributed by atoms with Gasteiger partial charge in [-0.05, 0) is 39.7 Å². The molecule has 0 fully saturated rings. The molecule has 1 N–H and O–H groups in total. The number of hydrogen-bond acceptors (Lipinski definition) is 2. The molecule has 112 valence electrons. The van der Waals surface area contributed by atoms with E-state index in [0.717, 1.165) is 10.5 Å². The smallest absolute Gasteiger partial charge is 0.207 e. The third-order valence-electron chi connectivity index (χ3n) is 2.61. The second-order valence-corrected chi connectivity index (χ2v) is 7.62. The molecule has 2 rings (SSSR count). The van der Waals surface area contributed by atoms with Crippen LogP contribution in [0.25, 0.3) is 0 Å². The highest BCUT2D eigenvalue weighted by atomic mass is 79.9. The summed E-state index contributed by atoms with van der Waals surface area (Å²) in [5, 5.41) is 0. The first-order chi connectivity index (χ1) is 9.79. The van der Waals surface area contributed by atoms with Gasteiger partial charge in [-0.2, -0.15) is 0 Å². The van der Waals surface area contributed by atoms with Crippen molar-refractivity contribution >= 4 is 41.9 Å². The van der Waals surface area contributed by atoms with Gasteiger partial charge < -0.3 is 0 Å². The summed E-state index contributed by atoms with van der Waals surface area (Å²) in [6.07, 6.45) is 0. The van der Waals surface area contributed by atoms with E-state index in [1.165, 1.54) is 0 Å². The standard InChI is InChI=1S/C13H9Br2F2NO2S/c14-9-3-1-8(2-4-9)7-18-21(19,20)13-11(15)5-10(16)6-12(13)17/h1-6,18H,7H2. The Bertz CT molecular complexity index is 741. The maximum Gasteiger partial charge on any atom is 0.244 e. The molecule has 0 aliphatic rings. The molecule has 0 heterocycles. The zero-order valence-corrected chi connectivity index (χ0v) is 14.4. The molecule has 0 radical (unpaired) electrons. The van der Waals surface area contributed by atoms with E-state index in [1.54, 1.807) is 24.3 Å². The van der Waals surface area contributed by atoms with Gasteiger partial charge in [0.15, 0.2) is 0 Å². The van der Waals surface area contributed by atoms with E-state index >= 15 is 0 Å². The van der Waals surface area contributed by atoms with E-state index in [-0.39, 0.29) is 11.0 Å². The summed E-state index contributed by atoms with van der Waals surface area (Å²) in [4.78, 5) is -0.610. The summed E-state index contributed by atoms with van der Waals surface area (Å²) in [6.45, 7) is -0.00112. The van der Waals surface area contributed by atoms with Crippen LogP contribution >= 0.6 is 31.9 Å². The van der Waals surface area contributed by atoms with E-state index in [4.69, 9.17) is 0 Å². The first-order valence-corrected chi connectivity index (χ1v) is 8.75. The van der Waals surface area contributed by atoms with E-state index in [2.05, 4.69) is 36.6 Å². The van der Waals surface area contributed by atoms with Gasteiger partial charge in [0.25, 0.3) is 0 Å². The van der Waals surface area contributed by atoms with Crippen LogP contribution in [0.5, 0.6) is 0 Å². The summed E-state index contributed by atoms with van der Waals surface area (Å²) < 4.78 is 53.9. The zero-order valence-electron chi connectivity index (χ0n) is 10.4. The van der Waals surface area contributed by atoms with Crippen LogP contribution in [0.15, 0.2) is 50.2 Å². The normalized spacial score (nSPS) is 11.6. The molecule has 2 aromatic rings. The van der Waals surface area contributed by atoms with E-state index < -0.39 is 26.6 Å². The minimum absolute atomic E-state index is 0.00112. The SMILES string of the molecule is O=S(=O)(NCc1ccc(Br)cc1)c1c(F)cc(F)cc1Br. The maximum absolute atomic E-state index is 13.7. The van der Waals surface area contributed by atoms with Gasteiger partial charge in [0.1, 0.15) is 16.5 Å². The zero-order chi connectivity index (χ0) is 15.6. The fourth-order valence-electron chi connectivity index (χ4n) is 1.64. The topological polar surface area (TPSA) is 46.2 Å². The van der Waals surface area contributed by atoms with Crippen molar-refractivity contribution in [1.82, 2.24) is 4.72 Å². The van der Waals surface area contributed by atoms with Crippen molar-refractivity contribution in [3.05, 3.63) is 62.5 Å².